The second-order valence-electron chi connectivity index (χ2n) is 5.59. The fraction of sp³-hybridized carbons (Fsp3) is 0.250. The van der Waals surface area contributed by atoms with Crippen LogP contribution >= 0.6 is 11.3 Å². The molecule has 2 aromatic heterocycles. The van der Waals surface area contributed by atoms with Crippen LogP contribution in [0.25, 0.3) is 10.1 Å². The van der Waals surface area contributed by atoms with E-state index in [1.54, 1.807) is 17.2 Å². The molecule has 0 bridgehead atoms. The standard InChI is InChI=1S/C16H14FN3OS/c1-9-14-11(17)3-2-4-13(14)22-15(9)16(21)20-7-10(8-20)12-5-6-18-19-12/h2-6,10H,7-8H2,1H3,(H,18,19). The van der Waals surface area contributed by atoms with Gasteiger partial charge < -0.3 is 4.90 Å². The highest BCUT2D eigenvalue weighted by molar-refractivity contribution is 7.21. The van der Waals surface area contributed by atoms with E-state index in [4.69, 9.17) is 0 Å². The van der Waals surface area contributed by atoms with Gasteiger partial charge in [-0.05, 0) is 30.7 Å². The Labute approximate surface area is 130 Å². The third-order valence-electron chi connectivity index (χ3n) is 4.23. The van der Waals surface area contributed by atoms with Gasteiger partial charge in [0.05, 0.1) is 4.88 Å². The molecule has 1 aromatic carbocycles. The van der Waals surface area contributed by atoms with Crippen LogP contribution in [0.1, 0.15) is 26.8 Å². The minimum atomic E-state index is -0.260. The van der Waals surface area contributed by atoms with Crippen molar-refractivity contribution in [1.82, 2.24) is 15.1 Å². The number of amides is 1. The Kier molecular flexibility index (Phi) is 3.00. The van der Waals surface area contributed by atoms with E-state index >= 15 is 0 Å². The summed E-state index contributed by atoms with van der Waals surface area (Å²) in [5, 5.41) is 7.45. The Morgan fingerprint density at radius 1 is 1.41 bits per heavy atom. The molecule has 3 heterocycles. The van der Waals surface area contributed by atoms with Crippen molar-refractivity contribution in [2.24, 2.45) is 0 Å². The Bertz CT molecular complexity index is 850. The molecule has 1 N–H and O–H groups in total. The van der Waals surface area contributed by atoms with Gasteiger partial charge in [0, 0.05) is 41.0 Å². The summed E-state index contributed by atoms with van der Waals surface area (Å²) in [7, 11) is 0. The van der Waals surface area contributed by atoms with Gasteiger partial charge in [0.1, 0.15) is 5.82 Å². The first-order valence-electron chi connectivity index (χ1n) is 7.11. The number of carbonyl (C=O) groups excluding carboxylic acids is 1. The highest BCUT2D eigenvalue weighted by atomic mass is 32.1. The molecule has 0 saturated carbocycles. The zero-order chi connectivity index (χ0) is 15.3. The highest BCUT2D eigenvalue weighted by Gasteiger charge is 2.34. The predicted octanol–water partition coefficient (Wildman–Crippen LogP) is 3.31. The molecule has 1 amide bonds. The zero-order valence-electron chi connectivity index (χ0n) is 12.0. The first kappa shape index (κ1) is 13.5. The predicted molar refractivity (Wildman–Crippen MR) is 83.8 cm³/mol. The Morgan fingerprint density at radius 3 is 2.91 bits per heavy atom. The molecule has 22 heavy (non-hydrogen) atoms. The molecular formula is C16H14FN3OS. The summed E-state index contributed by atoms with van der Waals surface area (Å²) in [4.78, 5) is 15.1. The molecule has 0 spiro atoms. The first-order valence-corrected chi connectivity index (χ1v) is 7.93. The number of aromatic amines is 1. The van der Waals surface area contributed by atoms with Crippen LogP contribution in [0.15, 0.2) is 30.5 Å². The van der Waals surface area contributed by atoms with E-state index in [9.17, 15) is 9.18 Å². The molecule has 0 atom stereocenters. The van der Waals surface area contributed by atoms with Crippen LogP contribution < -0.4 is 0 Å². The minimum Gasteiger partial charge on any atom is -0.336 e. The first-order chi connectivity index (χ1) is 10.6. The van der Waals surface area contributed by atoms with Crippen LogP contribution in [-0.4, -0.2) is 34.1 Å². The summed E-state index contributed by atoms with van der Waals surface area (Å²) in [5.74, 6) is 0.0518. The van der Waals surface area contributed by atoms with Crippen LogP contribution in [-0.2, 0) is 0 Å². The van der Waals surface area contributed by atoms with E-state index in [0.29, 0.717) is 29.3 Å². The molecule has 6 heteroatoms. The quantitative estimate of drug-likeness (QED) is 0.789. The lowest BCUT2D eigenvalue weighted by Gasteiger charge is -2.38. The van der Waals surface area contributed by atoms with Crippen molar-refractivity contribution >= 4 is 27.3 Å². The molecule has 0 radical (unpaired) electrons. The van der Waals surface area contributed by atoms with Gasteiger partial charge in [-0.3, -0.25) is 9.89 Å². The number of carbonyl (C=O) groups is 1. The summed E-state index contributed by atoms with van der Waals surface area (Å²) in [6.45, 7) is 3.18. The summed E-state index contributed by atoms with van der Waals surface area (Å²) in [6, 6.07) is 6.91. The van der Waals surface area contributed by atoms with Gasteiger partial charge in [0.15, 0.2) is 0 Å². The van der Waals surface area contributed by atoms with E-state index in [1.807, 2.05) is 19.1 Å². The fourth-order valence-electron chi connectivity index (χ4n) is 2.94. The average molecular weight is 315 g/mol. The van der Waals surface area contributed by atoms with Gasteiger partial charge in [0.25, 0.3) is 5.91 Å². The molecule has 1 fully saturated rings. The maximum absolute atomic E-state index is 13.9. The number of hydrogen-bond donors (Lipinski definition) is 1. The minimum absolute atomic E-state index is 0.00568. The van der Waals surface area contributed by atoms with Crippen molar-refractivity contribution in [3.05, 3.63) is 52.4 Å². The lowest BCUT2D eigenvalue weighted by atomic mass is 9.96. The van der Waals surface area contributed by atoms with Crippen LogP contribution in [0.4, 0.5) is 4.39 Å². The van der Waals surface area contributed by atoms with Crippen molar-refractivity contribution in [3.8, 4) is 0 Å². The molecule has 1 aliphatic rings. The number of halogens is 1. The summed E-state index contributed by atoms with van der Waals surface area (Å²) in [6.07, 6.45) is 1.72. The number of fused-ring (bicyclic) bond motifs is 1. The van der Waals surface area contributed by atoms with E-state index in [0.717, 1.165) is 16.0 Å². The molecule has 3 aromatic rings. The lowest BCUT2D eigenvalue weighted by molar-refractivity contribution is 0.0603. The number of rotatable bonds is 2. The van der Waals surface area contributed by atoms with Crippen molar-refractivity contribution < 1.29 is 9.18 Å². The Hall–Kier alpha value is -2.21. The number of hydrogen-bond acceptors (Lipinski definition) is 3. The molecule has 112 valence electrons. The zero-order valence-corrected chi connectivity index (χ0v) is 12.8. The van der Waals surface area contributed by atoms with Gasteiger partial charge in [-0.25, -0.2) is 4.39 Å². The van der Waals surface area contributed by atoms with Crippen LogP contribution in [0, 0.1) is 12.7 Å². The van der Waals surface area contributed by atoms with Crippen LogP contribution in [0.5, 0.6) is 0 Å². The maximum Gasteiger partial charge on any atom is 0.264 e. The molecule has 1 saturated heterocycles. The Balaban J connectivity index is 1.59. The van der Waals surface area contributed by atoms with E-state index < -0.39 is 0 Å². The van der Waals surface area contributed by atoms with Gasteiger partial charge in [-0.15, -0.1) is 11.3 Å². The van der Waals surface area contributed by atoms with Gasteiger partial charge >= 0.3 is 0 Å². The van der Waals surface area contributed by atoms with Gasteiger partial charge in [-0.2, -0.15) is 5.10 Å². The number of benzene rings is 1. The third-order valence-corrected chi connectivity index (χ3v) is 5.47. The number of likely N-dealkylation sites (tertiary alicyclic amines) is 1. The Morgan fingerprint density at radius 2 is 2.23 bits per heavy atom. The van der Waals surface area contributed by atoms with Gasteiger partial charge in [-0.1, -0.05) is 6.07 Å². The second-order valence-corrected chi connectivity index (χ2v) is 6.64. The fourth-order valence-corrected chi connectivity index (χ4v) is 4.13. The average Bonchev–Trinajstić information content (AvgIpc) is 3.06. The van der Waals surface area contributed by atoms with Crippen molar-refractivity contribution in [2.75, 3.05) is 13.1 Å². The third kappa shape index (κ3) is 1.94. The number of nitrogens with zero attached hydrogens (tertiary/aromatic N) is 2. The van der Waals surface area contributed by atoms with Crippen LogP contribution in [0.2, 0.25) is 0 Å². The van der Waals surface area contributed by atoms with Crippen LogP contribution in [0.3, 0.4) is 0 Å². The highest BCUT2D eigenvalue weighted by Crippen LogP contribution is 2.35. The van der Waals surface area contributed by atoms with Gasteiger partial charge in [0.2, 0.25) is 0 Å². The smallest absolute Gasteiger partial charge is 0.264 e. The number of nitrogens with one attached hydrogen (secondary N) is 1. The number of thiophene rings is 1. The van der Waals surface area contributed by atoms with E-state index in [1.165, 1.54) is 17.4 Å². The lowest BCUT2D eigenvalue weighted by Crippen LogP contribution is -2.48. The maximum atomic E-state index is 13.9. The number of aromatic nitrogens is 2. The summed E-state index contributed by atoms with van der Waals surface area (Å²) in [5.41, 5.74) is 1.80. The van der Waals surface area contributed by atoms with Crippen molar-refractivity contribution in [1.29, 1.82) is 0 Å². The molecule has 4 nitrogen and oxygen atoms in total. The number of aryl methyl sites for hydroxylation is 1. The van der Waals surface area contributed by atoms with E-state index in [-0.39, 0.29) is 11.7 Å². The largest absolute Gasteiger partial charge is 0.336 e. The molecule has 4 rings (SSSR count). The molecule has 0 unspecified atom stereocenters. The second kappa shape index (κ2) is 4.91. The van der Waals surface area contributed by atoms with E-state index in [2.05, 4.69) is 10.2 Å². The van der Waals surface area contributed by atoms with Crippen molar-refractivity contribution in [3.63, 3.8) is 0 Å². The normalized spacial score (nSPS) is 15.3. The molecular weight excluding hydrogens is 301 g/mol. The summed E-state index contributed by atoms with van der Waals surface area (Å²) >= 11 is 1.37. The molecule has 0 aliphatic carbocycles. The number of H-pyrrole nitrogens is 1. The topological polar surface area (TPSA) is 49.0 Å². The monoisotopic (exact) mass is 315 g/mol. The summed E-state index contributed by atoms with van der Waals surface area (Å²) < 4.78 is 14.8. The molecule has 1 aliphatic heterocycles. The SMILES string of the molecule is Cc1c(C(=O)N2CC(c3ccn[nH]3)C2)sc2cccc(F)c12. The van der Waals surface area contributed by atoms with Crippen molar-refractivity contribution in [2.45, 2.75) is 12.8 Å².